The average Bonchev–Trinajstić information content (AvgIpc) is 2.78. The van der Waals surface area contributed by atoms with E-state index in [1.54, 1.807) is 6.07 Å². The van der Waals surface area contributed by atoms with E-state index in [0.29, 0.717) is 5.75 Å². The molecule has 1 N–H and O–H groups in total. The molecule has 2 nitrogen and oxygen atoms in total. The maximum Gasteiger partial charge on any atom is 0.125 e. The molecule has 0 bridgehead atoms. The van der Waals surface area contributed by atoms with Crippen molar-refractivity contribution in [1.29, 1.82) is 0 Å². The largest absolute Gasteiger partial charge is 0.507 e. The summed E-state index contributed by atoms with van der Waals surface area (Å²) in [5, 5.41) is 9.82. The number of aromatic hydroxyl groups is 1. The second kappa shape index (κ2) is 4.82. The Balaban J connectivity index is 1.89. The van der Waals surface area contributed by atoms with Crippen molar-refractivity contribution >= 4 is 5.69 Å². The van der Waals surface area contributed by atoms with E-state index in [-0.39, 0.29) is 5.82 Å². The molecule has 0 amide bonds. The Morgan fingerprint density at radius 3 is 2.55 bits per heavy atom. The zero-order valence-corrected chi connectivity index (χ0v) is 11.8. The van der Waals surface area contributed by atoms with Gasteiger partial charge in [0.25, 0.3) is 0 Å². The van der Waals surface area contributed by atoms with E-state index >= 15 is 0 Å². The molecule has 0 saturated heterocycles. The summed E-state index contributed by atoms with van der Waals surface area (Å²) in [5.41, 5.74) is 5.12. The molecule has 0 aromatic heterocycles. The lowest BCUT2D eigenvalue weighted by Gasteiger charge is -2.20. The zero-order valence-electron chi connectivity index (χ0n) is 11.8. The molecule has 2 aromatic carbocycles. The summed E-state index contributed by atoms with van der Waals surface area (Å²) in [7, 11) is 0. The number of hydrogen-bond acceptors (Lipinski definition) is 2. The fraction of sp³-hybridized carbons (Fsp3) is 0.294. The number of aryl methyl sites for hydroxylation is 2. The van der Waals surface area contributed by atoms with Crippen molar-refractivity contribution in [2.45, 2.75) is 26.8 Å². The molecular weight excluding hydrogens is 253 g/mol. The van der Waals surface area contributed by atoms with E-state index in [4.69, 9.17) is 0 Å². The van der Waals surface area contributed by atoms with Crippen LogP contribution < -0.4 is 4.90 Å². The molecule has 1 aliphatic heterocycles. The van der Waals surface area contributed by atoms with Gasteiger partial charge in [-0.15, -0.1) is 0 Å². The highest BCUT2D eigenvalue weighted by molar-refractivity contribution is 5.58. The highest BCUT2D eigenvalue weighted by atomic mass is 19.1. The van der Waals surface area contributed by atoms with Crippen LogP contribution in [0.5, 0.6) is 5.75 Å². The number of phenolic OH excluding ortho intramolecular Hbond substituents is 1. The summed E-state index contributed by atoms with van der Waals surface area (Å²) < 4.78 is 13.4. The van der Waals surface area contributed by atoms with Crippen LogP contribution in [0.3, 0.4) is 0 Å². The SMILES string of the molecule is Cc1cc(CN2CCc3ccc(F)cc32)cc(C)c1O. The third-order valence-electron chi connectivity index (χ3n) is 3.96. The van der Waals surface area contributed by atoms with Gasteiger partial charge in [-0.3, -0.25) is 0 Å². The third-order valence-corrected chi connectivity index (χ3v) is 3.96. The van der Waals surface area contributed by atoms with Crippen LogP contribution in [0.25, 0.3) is 0 Å². The van der Waals surface area contributed by atoms with Gasteiger partial charge in [-0.05, 0) is 54.7 Å². The van der Waals surface area contributed by atoms with Gasteiger partial charge in [-0.1, -0.05) is 18.2 Å². The number of halogens is 1. The van der Waals surface area contributed by atoms with Crippen molar-refractivity contribution in [3.8, 4) is 5.75 Å². The van der Waals surface area contributed by atoms with Crippen LogP contribution in [0.1, 0.15) is 22.3 Å². The van der Waals surface area contributed by atoms with Crippen molar-refractivity contribution in [2.75, 3.05) is 11.4 Å². The van der Waals surface area contributed by atoms with Crippen molar-refractivity contribution < 1.29 is 9.50 Å². The Morgan fingerprint density at radius 2 is 1.85 bits per heavy atom. The van der Waals surface area contributed by atoms with Gasteiger partial charge in [0, 0.05) is 18.8 Å². The van der Waals surface area contributed by atoms with Crippen LogP contribution in [0, 0.1) is 19.7 Å². The van der Waals surface area contributed by atoms with Crippen LogP contribution in [-0.2, 0) is 13.0 Å². The fourth-order valence-electron chi connectivity index (χ4n) is 2.94. The van der Waals surface area contributed by atoms with Crippen LogP contribution in [-0.4, -0.2) is 11.7 Å². The predicted molar refractivity (Wildman–Crippen MR) is 78.7 cm³/mol. The molecule has 20 heavy (non-hydrogen) atoms. The molecule has 2 aromatic rings. The molecule has 0 aliphatic carbocycles. The Kier molecular flexibility index (Phi) is 3.13. The van der Waals surface area contributed by atoms with Crippen molar-refractivity contribution in [3.63, 3.8) is 0 Å². The predicted octanol–water partition coefficient (Wildman–Crippen LogP) is 3.71. The van der Waals surface area contributed by atoms with E-state index in [1.807, 2.05) is 32.0 Å². The van der Waals surface area contributed by atoms with Crippen LogP contribution in [0.4, 0.5) is 10.1 Å². The number of phenols is 1. The van der Waals surface area contributed by atoms with Crippen molar-refractivity contribution in [1.82, 2.24) is 0 Å². The molecule has 0 spiro atoms. The van der Waals surface area contributed by atoms with E-state index < -0.39 is 0 Å². The molecule has 0 radical (unpaired) electrons. The molecular formula is C17H18FNO. The molecule has 104 valence electrons. The fourth-order valence-corrected chi connectivity index (χ4v) is 2.94. The highest BCUT2D eigenvalue weighted by Crippen LogP contribution is 2.31. The number of hydrogen-bond donors (Lipinski definition) is 1. The summed E-state index contributed by atoms with van der Waals surface area (Å²) in [6.07, 6.45) is 0.964. The molecule has 0 saturated carbocycles. The first-order valence-corrected chi connectivity index (χ1v) is 6.87. The van der Waals surface area contributed by atoms with Gasteiger partial charge in [0.05, 0.1) is 0 Å². The van der Waals surface area contributed by atoms with Crippen molar-refractivity contribution in [2.24, 2.45) is 0 Å². The first kappa shape index (κ1) is 13.0. The Hall–Kier alpha value is -2.03. The van der Waals surface area contributed by atoms with Gasteiger partial charge in [0.2, 0.25) is 0 Å². The Labute approximate surface area is 118 Å². The lowest BCUT2D eigenvalue weighted by atomic mass is 10.1. The van der Waals surface area contributed by atoms with Gasteiger partial charge >= 0.3 is 0 Å². The number of nitrogens with zero attached hydrogens (tertiary/aromatic N) is 1. The minimum atomic E-state index is -0.186. The van der Waals surface area contributed by atoms with Crippen molar-refractivity contribution in [3.05, 3.63) is 58.4 Å². The van der Waals surface area contributed by atoms with Gasteiger partial charge in [0.15, 0.2) is 0 Å². The molecule has 1 aliphatic rings. The summed E-state index contributed by atoms with van der Waals surface area (Å²) in [6, 6.07) is 9.01. The smallest absolute Gasteiger partial charge is 0.125 e. The number of rotatable bonds is 2. The summed E-state index contributed by atoms with van der Waals surface area (Å²) in [6.45, 7) is 5.48. The van der Waals surface area contributed by atoms with Gasteiger partial charge in [-0.25, -0.2) is 4.39 Å². The maximum atomic E-state index is 13.4. The number of anilines is 1. The standard InChI is InChI=1S/C17H18FNO/c1-11-7-13(8-12(2)17(11)20)10-19-6-5-14-3-4-15(18)9-16(14)19/h3-4,7-9,20H,5-6,10H2,1-2H3. The average molecular weight is 271 g/mol. The Morgan fingerprint density at radius 1 is 1.15 bits per heavy atom. The zero-order chi connectivity index (χ0) is 14.3. The Bertz CT molecular complexity index is 643. The van der Waals surface area contributed by atoms with Crippen LogP contribution in [0.15, 0.2) is 30.3 Å². The quantitative estimate of drug-likeness (QED) is 0.900. The summed E-state index contributed by atoms with van der Waals surface area (Å²) in [5.74, 6) is 0.176. The molecule has 0 fully saturated rings. The molecule has 0 unspecified atom stereocenters. The summed E-state index contributed by atoms with van der Waals surface area (Å²) in [4.78, 5) is 2.20. The third kappa shape index (κ3) is 2.24. The number of benzene rings is 2. The molecule has 0 atom stereocenters. The number of fused-ring (bicyclic) bond motifs is 1. The van der Waals surface area contributed by atoms with Crippen LogP contribution >= 0.6 is 0 Å². The summed E-state index contributed by atoms with van der Waals surface area (Å²) >= 11 is 0. The van der Waals surface area contributed by atoms with E-state index in [1.165, 1.54) is 11.6 Å². The lowest BCUT2D eigenvalue weighted by Crippen LogP contribution is -2.19. The topological polar surface area (TPSA) is 23.5 Å². The van der Waals surface area contributed by atoms with Gasteiger partial charge < -0.3 is 10.0 Å². The minimum absolute atomic E-state index is 0.186. The van der Waals surface area contributed by atoms with E-state index in [0.717, 1.165) is 41.9 Å². The maximum absolute atomic E-state index is 13.4. The van der Waals surface area contributed by atoms with Crippen LogP contribution in [0.2, 0.25) is 0 Å². The minimum Gasteiger partial charge on any atom is -0.507 e. The molecule has 1 heterocycles. The normalized spacial score (nSPS) is 13.7. The van der Waals surface area contributed by atoms with E-state index in [9.17, 15) is 9.50 Å². The first-order chi connectivity index (χ1) is 9.54. The second-order valence-electron chi connectivity index (χ2n) is 5.52. The lowest BCUT2D eigenvalue weighted by molar-refractivity contribution is 0.466. The van der Waals surface area contributed by atoms with Gasteiger partial charge in [0.1, 0.15) is 11.6 Å². The molecule has 3 rings (SSSR count). The highest BCUT2D eigenvalue weighted by Gasteiger charge is 2.20. The van der Waals surface area contributed by atoms with E-state index in [2.05, 4.69) is 4.90 Å². The second-order valence-corrected chi connectivity index (χ2v) is 5.52. The van der Waals surface area contributed by atoms with Gasteiger partial charge in [-0.2, -0.15) is 0 Å². The first-order valence-electron chi connectivity index (χ1n) is 6.87. The monoisotopic (exact) mass is 271 g/mol. The molecule has 3 heteroatoms.